The average molecular weight is 212 g/mol. The molecule has 1 saturated carbocycles. The predicted octanol–water partition coefficient (Wildman–Crippen LogP) is 2.47. The maximum Gasteiger partial charge on any atom is 0.182 e. The number of ether oxygens (including phenoxy) is 1. The average Bonchev–Trinajstić information content (AvgIpc) is 2.51. The first-order valence-corrected chi connectivity index (χ1v) is 5.90. The summed E-state index contributed by atoms with van der Waals surface area (Å²) in [5.74, 6) is 0.797. The van der Waals surface area contributed by atoms with Crippen molar-refractivity contribution < 1.29 is 4.74 Å². The maximum atomic E-state index is 4.96. The molecule has 0 aliphatic heterocycles. The molecule has 3 nitrogen and oxygen atoms in total. The van der Waals surface area contributed by atoms with E-state index in [9.17, 15) is 0 Å². The second-order valence-corrected chi connectivity index (χ2v) is 4.68. The zero-order valence-electron chi connectivity index (χ0n) is 8.45. The molecule has 0 radical (unpaired) electrons. The molecular formula is C10H16N2OS. The van der Waals surface area contributed by atoms with E-state index in [0.29, 0.717) is 0 Å². The standard InChI is InChI=1S/C10H16N2OS/c1-13-6-5-11-10-12-7-9(14-10)8-3-2-4-8/h7-8H,2-6H2,1H3,(H,11,12). The summed E-state index contributed by atoms with van der Waals surface area (Å²) in [5.41, 5.74) is 0. The highest BCUT2D eigenvalue weighted by Gasteiger charge is 2.21. The summed E-state index contributed by atoms with van der Waals surface area (Å²) >= 11 is 1.79. The lowest BCUT2D eigenvalue weighted by Gasteiger charge is -2.23. The molecule has 4 heteroatoms. The first-order chi connectivity index (χ1) is 6.90. The highest BCUT2D eigenvalue weighted by Crippen LogP contribution is 2.39. The van der Waals surface area contributed by atoms with Crippen molar-refractivity contribution in [3.8, 4) is 0 Å². The molecule has 0 saturated heterocycles. The summed E-state index contributed by atoms with van der Waals surface area (Å²) in [6.07, 6.45) is 6.10. The molecule has 1 aliphatic carbocycles. The third-order valence-electron chi connectivity index (χ3n) is 2.61. The lowest BCUT2D eigenvalue weighted by Crippen LogP contribution is -2.07. The summed E-state index contributed by atoms with van der Waals surface area (Å²) in [5, 5.41) is 4.28. The second kappa shape index (κ2) is 4.75. The topological polar surface area (TPSA) is 34.1 Å². The van der Waals surface area contributed by atoms with Gasteiger partial charge in [0.05, 0.1) is 6.61 Å². The number of rotatable bonds is 5. The summed E-state index contributed by atoms with van der Waals surface area (Å²) in [7, 11) is 1.71. The van der Waals surface area contributed by atoms with Crippen molar-refractivity contribution in [1.82, 2.24) is 4.98 Å². The van der Waals surface area contributed by atoms with Crippen LogP contribution < -0.4 is 5.32 Å². The van der Waals surface area contributed by atoms with Crippen molar-refractivity contribution in [2.75, 3.05) is 25.6 Å². The fraction of sp³-hybridized carbons (Fsp3) is 0.700. The van der Waals surface area contributed by atoms with Gasteiger partial charge in [-0.05, 0) is 18.8 Å². The molecule has 0 bridgehead atoms. The molecule has 1 fully saturated rings. The van der Waals surface area contributed by atoms with Crippen LogP contribution in [0.4, 0.5) is 5.13 Å². The Kier molecular flexibility index (Phi) is 3.37. The van der Waals surface area contributed by atoms with E-state index in [1.807, 2.05) is 6.20 Å². The minimum absolute atomic E-state index is 0.734. The Morgan fingerprint density at radius 1 is 1.64 bits per heavy atom. The highest BCUT2D eigenvalue weighted by atomic mass is 32.1. The molecule has 0 aromatic carbocycles. The fourth-order valence-corrected chi connectivity index (χ4v) is 2.52. The molecule has 1 N–H and O–H groups in total. The normalized spacial score (nSPS) is 16.6. The van der Waals surface area contributed by atoms with Gasteiger partial charge in [-0.3, -0.25) is 0 Å². The van der Waals surface area contributed by atoms with Crippen molar-refractivity contribution in [1.29, 1.82) is 0 Å². The molecule has 1 aliphatic rings. The monoisotopic (exact) mass is 212 g/mol. The van der Waals surface area contributed by atoms with Crippen LogP contribution in [-0.2, 0) is 4.74 Å². The highest BCUT2D eigenvalue weighted by molar-refractivity contribution is 7.15. The van der Waals surface area contributed by atoms with Gasteiger partial charge in [0.25, 0.3) is 0 Å². The Labute approximate surface area is 88.5 Å². The van der Waals surface area contributed by atoms with E-state index in [1.54, 1.807) is 18.4 Å². The summed E-state index contributed by atoms with van der Waals surface area (Å²) < 4.78 is 4.96. The first-order valence-electron chi connectivity index (χ1n) is 5.08. The van der Waals surface area contributed by atoms with E-state index in [2.05, 4.69) is 10.3 Å². The lowest BCUT2D eigenvalue weighted by molar-refractivity contribution is 0.211. The van der Waals surface area contributed by atoms with Gasteiger partial charge in [0, 0.05) is 24.7 Å². The first kappa shape index (κ1) is 9.93. The number of hydrogen-bond donors (Lipinski definition) is 1. The van der Waals surface area contributed by atoms with Crippen molar-refractivity contribution in [2.24, 2.45) is 0 Å². The largest absolute Gasteiger partial charge is 0.383 e. The molecule has 0 spiro atoms. The van der Waals surface area contributed by atoms with Gasteiger partial charge in [0.2, 0.25) is 0 Å². The van der Waals surface area contributed by atoms with Crippen molar-refractivity contribution in [3.63, 3.8) is 0 Å². The van der Waals surface area contributed by atoms with E-state index >= 15 is 0 Å². The van der Waals surface area contributed by atoms with E-state index in [1.165, 1.54) is 24.1 Å². The molecule has 0 amide bonds. The molecular weight excluding hydrogens is 196 g/mol. The van der Waals surface area contributed by atoms with E-state index in [4.69, 9.17) is 4.74 Å². The van der Waals surface area contributed by atoms with Gasteiger partial charge in [-0.15, -0.1) is 11.3 Å². The minimum atomic E-state index is 0.734. The Morgan fingerprint density at radius 3 is 3.14 bits per heavy atom. The van der Waals surface area contributed by atoms with Crippen LogP contribution in [0.5, 0.6) is 0 Å². The van der Waals surface area contributed by atoms with Gasteiger partial charge in [-0.25, -0.2) is 4.98 Å². The predicted molar refractivity (Wildman–Crippen MR) is 59.1 cm³/mol. The van der Waals surface area contributed by atoms with Gasteiger partial charge in [-0.2, -0.15) is 0 Å². The van der Waals surface area contributed by atoms with Crippen LogP contribution in [0.2, 0.25) is 0 Å². The van der Waals surface area contributed by atoms with Crippen molar-refractivity contribution in [2.45, 2.75) is 25.2 Å². The molecule has 0 unspecified atom stereocenters. The smallest absolute Gasteiger partial charge is 0.182 e. The third-order valence-corrected chi connectivity index (χ3v) is 3.73. The maximum absolute atomic E-state index is 4.96. The van der Waals surface area contributed by atoms with Gasteiger partial charge in [-0.1, -0.05) is 6.42 Å². The molecule has 1 heterocycles. The van der Waals surface area contributed by atoms with E-state index in [-0.39, 0.29) is 0 Å². The van der Waals surface area contributed by atoms with Crippen LogP contribution in [-0.4, -0.2) is 25.2 Å². The second-order valence-electron chi connectivity index (χ2n) is 3.62. The molecule has 2 rings (SSSR count). The van der Waals surface area contributed by atoms with Crippen molar-refractivity contribution in [3.05, 3.63) is 11.1 Å². The number of nitrogens with zero attached hydrogens (tertiary/aromatic N) is 1. The zero-order chi connectivity index (χ0) is 9.80. The number of aromatic nitrogens is 1. The quantitative estimate of drug-likeness (QED) is 0.761. The molecule has 1 aromatic heterocycles. The molecule has 0 atom stereocenters. The zero-order valence-corrected chi connectivity index (χ0v) is 9.27. The van der Waals surface area contributed by atoms with Gasteiger partial charge in [0.1, 0.15) is 0 Å². The number of nitrogens with one attached hydrogen (secondary N) is 1. The lowest BCUT2D eigenvalue weighted by atomic mass is 9.85. The van der Waals surface area contributed by atoms with Crippen LogP contribution in [0.1, 0.15) is 30.1 Å². The Morgan fingerprint density at radius 2 is 2.50 bits per heavy atom. The summed E-state index contributed by atoms with van der Waals surface area (Å²) in [4.78, 5) is 5.78. The van der Waals surface area contributed by atoms with E-state index in [0.717, 1.165) is 24.2 Å². The molecule has 14 heavy (non-hydrogen) atoms. The van der Waals surface area contributed by atoms with Crippen molar-refractivity contribution >= 4 is 16.5 Å². The van der Waals surface area contributed by atoms with E-state index < -0.39 is 0 Å². The molecule has 1 aromatic rings. The third kappa shape index (κ3) is 2.25. The Balaban J connectivity index is 1.83. The Hall–Kier alpha value is -0.610. The van der Waals surface area contributed by atoms with Crippen LogP contribution in [0.25, 0.3) is 0 Å². The number of thiazole rings is 1. The van der Waals surface area contributed by atoms with Gasteiger partial charge in [0.15, 0.2) is 5.13 Å². The van der Waals surface area contributed by atoms with Crippen LogP contribution >= 0.6 is 11.3 Å². The van der Waals surface area contributed by atoms with Gasteiger partial charge >= 0.3 is 0 Å². The number of anilines is 1. The van der Waals surface area contributed by atoms with Crippen LogP contribution in [0, 0.1) is 0 Å². The fourth-order valence-electron chi connectivity index (χ4n) is 1.51. The van der Waals surface area contributed by atoms with Crippen LogP contribution in [0.3, 0.4) is 0 Å². The van der Waals surface area contributed by atoms with Gasteiger partial charge < -0.3 is 10.1 Å². The number of hydrogen-bond acceptors (Lipinski definition) is 4. The SMILES string of the molecule is COCCNc1ncc(C2CCC2)s1. The Bertz CT molecular complexity index is 283. The molecule has 78 valence electrons. The van der Waals surface area contributed by atoms with Crippen LogP contribution in [0.15, 0.2) is 6.20 Å². The number of methoxy groups -OCH3 is 1. The summed E-state index contributed by atoms with van der Waals surface area (Å²) in [6, 6.07) is 0. The summed E-state index contributed by atoms with van der Waals surface area (Å²) in [6.45, 7) is 1.58. The minimum Gasteiger partial charge on any atom is -0.383 e.